The first kappa shape index (κ1) is 12.5. The van der Waals surface area contributed by atoms with Crippen LogP contribution in [0.15, 0.2) is 18.3 Å². The summed E-state index contributed by atoms with van der Waals surface area (Å²) >= 11 is 2.05. The van der Waals surface area contributed by atoms with Crippen molar-refractivity contribution in [3.8, 4) is 11.4 Å². The largest absolute Gasteiger partial charge is 0.346 e. The van der Waals surface area contributed by atoms with Gasteiger partial charge in [0.05, 0.1) is 23.5 Å². The van der Waals surface area contributed by atoms with Gasteiger partial charge in [-0.25, -0.2) is 15.0 Å². The Morgan fingerprint density at radius 3 is 3.00 bits per heavy atom. The number of rotatable bonds is 1. The summed E-state index contributed by atoms with van der Waals surface area (Å²) in [5.41, 5.74) is 3.10. The van der Waals surface area contributed by atoms with Gasteiger partial charge in [0.15, 0.2) is 3.83 Å². The van der Waals surface area contributed by atoms with E-state index in [1.54, 1.807) is 12.3 Å². The Morgan fingerprint density at radius 2 is 2.26 bits per heavy atom. The van der Waals surface area contributed by atoms with Crippen LogP contribution < -0.4 is 0 Å². The number of halogens is 1. The Morgan fingerprint density at radius 1 is 1.47 bits per heavy atom. The van der Waals surface area contributed by atoms with E-state index in [-0.39, 0.29) is 5.91 Å². The lowest BCUT2D eigenvalue weighted by atomic mass is 10.1. The number of hydrogen-bond donors (Lipinski definition) is 1. The molecule has 0 unspecified atom stereocenters. The Balaban J connectivity index is 2.15. The van der Waals surface area contributed by atoms with E-state index in [1.165, 1.54) is 0 Å². The second kappa shape index (κ2) is 4.57. The Hall–Kier alpha value is -1.48. The minimum Gasteiger partial charge on any atom is -0.346 e. The van der Waals surface area contributed by atoms with E-state index in [0.29, 0.717) is 22.4 Å². The van der Waals surface area contributed by atoms with E-state index < -0.39 is 0 Å². The molecule has 0 saturated heterocycles. The van der Waals surface area contributed by atoms with Crippen LogP contribution in [0.2, 0.25) is 0 Å². The molecule has 1 N–H and O–H groups in total. The van der Waals surface area contributed by atoms with E-state index in [0.717, 1.165) is 22.1 Å². The molecule has 0 bridgehead atoms. The highest BCUT2D eigenvalue weighted by Crippen LogP contribution is 2.27. The number of carbonyl (C=O) groups is 1. The van der Waals surface area contributed by atoms with E-state index >= 15 is 0 Å². The molecule has 2 aromatic heterocycles. The van der Waals surface area contributed by atoms with Gasteiger partial charge >= 0.3 is 0 Å². The SMILES string of the molecule is Cn1c(-c2ccnc(I)n2)cc2c1CCN(O)C2=O. The number of aromatic nitrogens is 3. The third kappa shape index (κ3) is 2.02. The molecule has 0 saturated carbocycles. The first-order valence-electron chi connectivity index (χ1n) is 5.76. The molecule has 3 rings (SSSR count). The number of fused-ring (bicyclic) bond motifs is 1. The highest BCUT2D eigenvalue weighted by atomic mass is 127. The molecular weight excluding hydrogens is 359 g/mol. The third-order valence-electron chi connectivity index (χ3n) is 3.27. The molecule has 2 aromatic rings. The highest BCUT2D eigenvalue weighted by molar-refractivity contribution is 14.1. The Bertz CT molecular complexity index is 668. The van der Waals surface area contributed by atoms with Gasteiger partial charge in [-0.1, -0.05) is 0 Å². The zero-order valence-corrected chi connectivity index (χ0v) is 12.3. The minimum absolute atomic E-state index is 0.324. The number of nitrogens with zero attached hydrogens (tertiary/aromatic N) is 4. The van der Waals surface area contributed by atoms with Gasteiger partial charge < -0.3 is 4.57 Å². The van der Waals surface area contributed by atoms with Gasteiger partial charge in [-0.15, -0.1) is 0 Å². The second-order valence-corrected chi connectivity index (χ2v) is 5.30. The normalized spacial score (nSPS) is 14.7. The fraction of sp³-hybridized carbons (Fsp3) is 0.250. The number of hydroxylamine groups is 2. The summed E-state index contributed by atoms with van der Waals surface area (Å²) in [7, 11) is 1.91. The molecule has 98 valence electrons. The molecule has 1 aliphatic rings. The second-order valence-electron chi connectivity index (χ2n) is 4.34. The molecule has 0 aromatic carbocycles. The molecule has 0 aliphatic carbocycles. The van der Waals surface area contributed by atoms with E-state index in [4.69, 9.17) is 0 Å². The van der Waals surface area contributed by atoms with Crippen LogP contribution in [0.1, 0.15) is 16.1 Å². The predicted molar refractivity (Wildman–Crippen MR) is 75.7 cm³/mol. The van der Waals surface area contributed by atoms with Crippen LogP contribution in [-0.2, 0) is 13.5 Å². The summed E-state index contributed by atoms with van der Waals surface area (Å²) < 4.78 is 2.61. The third-order valence-corrected chi connectivity index (χ3v) is 3.79. The predicted octanol–water partition coefficient (Wildman–Crippen LogP) is 1.47. The van der Waals surface area contributed by atoms with E-state index in [2.05, 4.69) is 32.6 Å². The van der Waals surface area contributed by atoms with Crippen LogP contribution >= 0.6 is 22.6 Å². The van der Waals surface area contributed by atoms with Crippen molar-refractivity contribution in [3.63, 3.8) is 0 Å². The lowest BCUT2D eigenvalue weighted by molar-refractivity contribution is -0.0604. The van der Waals surface area contributed by atoms with Crippen molar-refractivity contribution < 1.29 is 10.0 Å². The van der Waals surface area contributed by atoms with Gasteiger partial charge in [0, 0.05) is 48.0 Å². The quantitative estimate of drug-likeness (QED) is 0.469. The van der Waals surface area contributed by atoms with Crippen molar-refractivity contribution in [3.05, 3.63) is 33.4 Å². The van der Waals surface area contributed by atoms with Crippen molar-refractivity contribution in [1.82, 2.24) is 19.6 Å². The van der Waals surface area contributed by atoms with Crippen LogP contribution in [0.4, 0.5) is 0 Å². The fourth-order valence-corrected chi connectivity index (χ4v) is 2.73. The van der Waals surface area contributed by atoms with Crippen LogP contribution in [0.25, 0.3) is 11.4 Å². The molecule has 19 heavy (non-hydrogen) atoms. The van der Waals surface area contributed by atoms with Crippen LogP contribution in [-0.4, -0.2) is 37.3 Å². The number of amides is 1. The zero-order valence-electron chi connectivity index (χ0n) is 10.2. The van der Waals surface area contributed by atoms with Crippen molar-refractivity contribution in [1.29, 1.82) is 0 Å². The molecule has 1 amide bonds. The number of hydrogen-bond acceptors (Lipinski definition) is 4. The Kier molecular flexibility index (Phi) is 3.02. The number of carbonyl (C=O) groups excluding carboxylic acids is 1. The van der Waals surface area contributed by atoms with Crippen molar-refractivity contribution in [2.24, 2.45) is 7.05 Å². The smallest absolute Gasteiger partial charge is 0.279 e. The summed E-state index contributed by atoms with van der Waals surface area (Å²) in [5.74, 6) is -0.355. The molecule has 0 fully saturated rings. The molecule has 0 spiro atoms. The maximum Gasteiger partial charge on any atom is 0.279 e. The molecule has 7 heteroatoms. The lowest BCUT2D eigenvalue weighted by Gasteiger charge is -2.21. The standard InChI is InChI=1S/C12H11IN4O2/c1-16-9-3-5-17(19)11(18)7(9)6-10(16)8-2-4-14-12(13)15-8/h2,4,6,19H,3,5H2,1H3. The van der Waals surface area contributed by atoms with Crippen molar-refractivity contribution in [2.75, 3.05) is 6.54 Å². The Labute approximate surface area is 123 Å². The van der Waals surface area contributed by atoms with Crippen molar-refractivity contribution >= 4 is 28.5 Å². The summed E-state index contributed by atoms with van der Waals surface area (Å²) in [6.45, 7) is 0.324. The monoisotopic (exact) mass is 370 g/mol. The van der Waals surface area contributed by atoms with E-state index in [1.807, 2.05) is 17.7 Å². The van der Waals surface area contributed by atoms with Gasteiger partial charge in [0.2, 0.25) is 0 Å². The van der Waals surface area contributed by atoms with Gasteiger partial charge in [0.1, 0.15) is 0 Å². The first-order chi connectivity index (χ1) is 9.08. The maximum atomic E-state index is 11.9. The highest BCUT2D eigenvalue weighted by Gasteiger charge is 2.27. The molecular formula is C12H11IN4O2. The molecule has 0 radical (unpaired) electrons. The van der Waals surface area contributed by atoms with Gasteiger partial charge in [0.25, 0.3) is 5.91 Å². The average molecular weight is 370 g/mol. The van der Waals surface area contributed by atoms with Crippen molar-refractivity contribution in [2.45, 2.75) is 6.42 Å². The summed E-state index contributed by atoms with van der Waals surface area (Å²) in [4.78, 5) is 20.3. The van der Waals surface area contributed by atoms with Gasteiger partial charge in [-0.2, -0.15) is 0 Å². The minimum atomic E-state index is -0.355. The average Bonchev–Trinajstić information content (AvgIpc) is 2.72. The maximum absolute atomic E-state index is 11.9. The van der Waals surface area contributed by atoms with Gasteiger partial charge in [-0.3, -0.25) is 10.0 Å². The fourth-order valence-electron chi connectivity index (χ4n) is 2.31. The zero-order chi connectivity index (χ0) is 13.6. The first-order valence-corrected chi connectivity index (χ1v) is 6.84. The van der Waals surface area contributed by atoms with Crippen LogP contribution in [0.3, 0.4) is 0 Å². The van der Waals surface area contributed by atoms with Crippen LogP contribution in [0.5, 0.6) is 0 Å². The molecule has 0 atom stereocenters. The van der Waals surface area contributed by atoms with Crippen LogP contribution in [0, 0.1) is 3.83 Å². The summed E-state index contributed by atoms with van der Waals surface area (Å²) in [6, 6.07) is 3.59. The van der Waals surface area contributed by atoms with Gasteiger partial charge in [-0.05, 0) is 12.1 Å². The topological polar surface area (TPSA) is 71.2 Å². The molecule has 6 nitrogen and oxygen atoms in total. The summed E-state index contributed by atoms with van der Waals surface area (Å²) in [6.07, 6.45) is 2.33. The molecule has 3 heterocycles. The summed E-state index contributed by atoms with van der Waals surface area (Å²) in [5, 5.41) is 10.2. The lowest BCUT2D eigenvalue weighted by Crippen LogP contribution is -2.34. The van der Waals surface area contributed by atoms with E-state index in [9.17, 15) is 10.0 Å². The molecule has 1 aliphatic heterocycles.